The van der Waals surface area contributed by atoms with E-state index in [-0.39, 0.29) is 0 Å². The highest BCUT2D eigenvalue weighted by atomic mass is 32.1. The molecule has 0 aliphatic carbocycles. The molecule has 0 radical (unpaired) electrons. The fraction of sp³-hybridized carbons (Fsp3) is 0.333. The number of nitrogens with zero attached hydrogens (tertiary/aromatic N) is 1. The molecule has 0 amide bonds. The van der Waals surface area contributed by atoms with Crippen LogP contribution in [0.2, 0.25) is 0 Å². The van der Waals surface area contributed by atoms with Crippen molar-refractivity contribution in [1.82, 2.24) is 0 Å². The van der Waals surface area contributed by atoms with Gasteiger partial charge >= 0.3 is 0 Å². The van der Waals surface area contributed by atoms with Crippen LogP contribution < -0.4 is 10.6 Å². The van der Waals surface area contributed by atoms with Gasteiger partial charge in [0.2, 0.25) is 0 Å². The van der Waals surface area contributed by atoms with Gasteiger partial charge in [0.25, 0.3) is 0 Å². The first kappa shape index (κ1) is 11.6. The van der Waals surface area contributed by atoms with Crippen molar-refractivity contribution in [3.05, 3.63) is 46.7 Å². The van der Waals surface area contributed by atoms with Crippen LogP contribution in [0, 0.1) is 0 Å². The summed E-state index contributed by atoms with van der Waals surface area (Å²) in [5.74, 6) is 0.710. The molecule has 1 saturated heterocycles. The van der Waals surface area contributed by atoms with Crippen molar-refractivity contribution in [2.24, 2.45) is 0 Å². The summed E-state index contributed by atoms with van der Waals surface area (Å²) in [6.45, 7) is 2.22. The summed E-state index contributed by atoms with van der Waals surface area (Å²) in [5.41, 5.74) is 9.62. The summed E-state index contributed by atoms with van der Waals surface area (Å²) >= 11 is 1.69. The van der Waals surface area contributed by atoms with E-state index in [2.05, 4.69) is 40.6 Å². The number of nitrogens with two attached hydrogens (primary N) is 1. The lowest BCUT2D eigenvalue weighted by atomic mass is 9.89. The van der Waals surface area contributed by atoms with E-state index in [4.69, 9.17) is 5.73 Å². The quantitative estimate of drug-likeness (QED) is 0.889. The molecule has 0 spiro atoms. The second-order valence-corrected chi connectivity index (χ2v) is 5.63. The highest BCUT2D eigenvalue weighted by Gasteiger charge is 2.21. The predicted molar refractivity (Wildman–Crippen MR) is 79.4 cm³/mol. The Morgan fingerprint density at radius 2 is 1.78 bits per heavy atom. The van der Waals surface area contributed by atoms with Gasteiger partial charge in [-0.1, -0.05) is 30.3 Å². The Balaban J connectivity index is 1.67. The van der Waals surface area contributed by atoms with E-state index in [0.29, 0.717) is 5.92 Å². The van der Waals surface area contributed by atoms with Gasteiger partial charge in [-0.3, -0.25) is 0 Å². The van der Waals surface area contributed by atoms with Crippen molar-refractivity contribution in [2.45, 2.75) is 18.8 Å². The van der Waals surface area contributed by atoms with E-state index in [9.17, 15) is 0 Å². The molecular weight excluding hydrogens is 240 g/mol. The Hall–Kier alpha value is -1.48. The first-order valence-electron chi connectivity index (χ1n) is 6.46. The Labute approximate surface area is 112 Å². The number of rotatable bonds is 2. The molecule has 2 N–H and O–H groups in total. The fourth-order valence-corrected chi connectivity index (χ4v) is 3.49. The largest absolute Gasteiger partial charge is 0.396 e. The fourth-order valence-electron chi connectivity index (χ4n) is 2.74. The van der Waals surface area contributed by atoms with E-state index in [1.807, 2.05) is 5.38 Å². The van der Waals surface area contributed by atoms with Crippen LogP contribution in [0.1, 0.15) is 24.3 Å². The van der Waals surface area contributed by atoms with Crippen LogP contribution >= 0.6 is 11.3 Å². The molecule has 3 heteroatoms. The van der Waals surface area contributed by atoms with E-state index in [1.165, 1.54) is 24.1 Å². The molecule has 0 atom stereocenters. The number of hydrogen-bond donors (Lipinski definition) is 1. The normalized spacial score (nSPS) is 17.0. The Morgan fingerprint density at radius 3 is 2.39 bits per heavy atom. The number of thiophene rings is 1. The molecule has 94 valence electrons. The molecule has 0 unspecified atom stereocenters. The Kier molecular flexibility index (Phi) is 3.24. The molecule has 2 heterocycles. The molecule has 0 bridgehead atoms. The lowest BCUT2D eigenvalue weighted by Crippen LogP contribution is -2.32. The maximum atomic E-state index is 5.99. The van der Waals surface area contributed by atoms with E-state index >= 15 is 0 Å². The average Bonchev–Trinajstić information content (AvgIpc) is 2.86. The highest BCUT2D eigenvalue weighted by molar-refractivity contribution is 7.08. The van der Waals surface area contributed by atoms with Gasteiger partial charge in [-0.25, -0.2) is 0 Å². The maximum absolute atomic E-state index is 5.99. The average molecular weight is 258 g/mol. The molecular formula is C15H18N2S. The molecule has 18 heavy (non-hydrogen) atoms. The molecule has 1 fully saturated rings. The van der Waals surface area contributed by atoms with Gasteiger partial charge < -0.3 is 10.6 Å². The van der Waals surface area contributed by atoms with Crippen molar-refractivity contribution in [1.29, 1.82) is 0 Å². The molecule has 1 aromatic heterocycles. The summed E-state index contributed by atoms with van der Waals surface area (Å²) in [6.07, 6.45) is 2.44. The van der Waals surface area contributed by atoms with Gasteiger partial charge in [0, 0.05) is 23.8 Å². The molecule has 3 rings (SSSR count). The minimum atomic E-state index is 0.710. The monoisotopic (exact) mass is 258 g/mol. The third-order valence-electron chi connectivity index (χ3n) is 3.78. The third-order valence-corrected chi connectivity index (χ3v) is 4.53. The zero-order valence-electron chi connectivity index (χ0n) is 10.4. The zero-order chi connectivity index (χ0) is 12.4. The number of benzene rings is 1. The lowest BCUT2D eigenvalue weighted by molar-refractivity contribution is 0.506. The van der Waals surface area contributed by atoms with Crippen molar-refractivity contribution in [2.75, 3.05) is 23.7 Å². The number of piperidine rings is 1. The SMILES string of the molecule is Nc1cscc1N1CCC(c2ccccc2)CC1. The van der Waals surface area contributed by atoms with Gasteiger partial charge in [0.05, 0.1) is 11.4 Å². The molecule has 2 aromatic rings. The molecule has 1 aliphatic rings. The minimum absolute atomic E-state index is 0.710. The summed E-state index contributed by atoms with van der Waals surface area (Å²) in [5, 5.41) is 4.19. The standard InChI is InChI=1S/C15H18N2S/c16-14-10-18-11-15(14)17-8-6-13(7-9-17)12-4-2-1-3-5-12/h1-5,10-11,13H,6-9,16H2. The maximum Gasteiger partial charge on any atom is 0.0708 e. The summed E-state index contributed by atoms with van der Waals surface area (Å²) in [6, 6.07) is 10.9. The van der Waals surface area contributed by atoms with Crippen molar-refractivity contribution in [3.8, 4) is 0 Å². The van der Waals surface area contributed by atoms with Crippen LogP contribution in [0.5, 0.6) is 0 Å². The van der Waals surface area contributed by atoms with Crippen LogP contribution in [-0.4, -0.2) is 13.1 Å². The molecule has 0 saturated carbocycles. The van der Waals surface area contributed by atoms with Gasteiger partial charge in [0.15, 0.2) is 0 Å². The van der Waals surface area contributed by atoms with Gasteiger partial charge in [-0.2, -0.15) is 0 Å². The Morgan fingerprint density at radius 1 is 1.06 bits per heavy atom. The second-order valence-electron chi connectivity index (χ2n) is 4.88. The van der Waals surface area contributed by atoms with Gasteiger partial charge in [-0.05, 0) is 24.3 Å². The van der Waals surface area contributed by atoms with Crippen LogP contribution in [-0.2, 0) is 0 Å². The molecule has 1 aromatic carbocycles. The predicted octanol–water partition coefficient (Wildman–Crippen LogP) is 3.71. The first-order chi connectivity index (χ1) is 8.84. The van der Waals surface area contributed by atoms with Crippen molar-refractivity contribution >= 4 is 22.7 Å². The van der Waals surface area contributed by atoms with Crippen LogP contribution in [0.4, 0.5) is 11.4 Å². The smallest absolute Gasteiger partial charge is 0.0708 e. The summed E-state index contributed by atoms with van der Waals surface area (Å²) in [4.78, 5) is 2.42. The van der Waals surface area contributed by atoms with Crippen LogP contribution in [0.15, 0.2) is 41.1 Å². The van der Waals surface area contributed by atoms with E-state index in [0.717, 1.165) is 18.8 Å². The topological polar surface area (TPSA) is 29.3 Å². The highest BCUT2D eigenvalue weighted by Crippen LogP contribution is 2.34. The molecule has 2 nitrogen and oxygen atoms in total. The van der Waals surface area contributed by atoms with Crippen molar-refractivity contribution < 1.29 is 0 Å². The lowest BCUT2D eigenvalue weighted by Gasteiger charge is -2.33. The van der Waals surface area contributed by atoms with Crippen LogP contribution in [0.3, 0.4) is 0 Å². The number of nitrogen functional groups attached to an aromatic ring is 1. The summed E-state index contributed by atoms with van der Waals surface area (Å²) in [7, 11) is 0. The first-order valence-corrected chi connectivity index (χ1v) is 7.40. The van der Waals surface area contributed by atoms with Crippen LogP contribution in [0.25, 0.3) is 0 Å². The molecule has 1 aliphatic heterocycles. The third kappa shape index (κ3) is 2.23. The minimum Gasteiger partial charge on any atom is -0.396 e. The zero-order valence-corrected chi connectivity index (χ0v) is 11.2. The number of hydrogen-bond acceptors (Lipinski definition) is 3. The number of anilines is 2. The van der Waals surface area contributed by atoms with E-state index in [1.54, 1.807) is 11.3 Å². The van der Waals surface area contributed by atoms with Crippen molar-refractivity contribution in [3.63, 3.8) is 0 Å². The van der Waals surface area contributed by atoms with Gasteiger partial charge in [-0.15, -0.1) is 11.3 Å². The Bertz CT molecular complexity index is 498. The van der Waals surface area contributed by atoms with E-state index < -0.39 is 0 Å². The summed E-state index contributed by atoms with van der Waals surface area (Å²) < 4.78 is 0. The van der Waals surface area contributed by atoms with Gasteiger partial charge in [0.1, 0.15) is 0 Å². The second kappa shape index (κ2) is 5.02.